The Bertz CT molecular complexity index is 788. The van der Waals surface area contributed by atoms with E-state index in [1.165, 1.54) is 23.1 Å². The van der Waals surface area contributed by atoms with Crippen LogP contribution >= 0.6 is 11.6 Å². The smallest absolute Gasteiger partial charge is 0.258 e. The molecule has 1 aliphatic rings. The zero-order chi connectivity index (χ0) is 17.3. The number of nitrogens with two attached hydrogens (primary N) is 1. The number of hydrogen-bond acceptors (Lipinski definition) is 2. The molecule has 124 valence electrons. The van der Waals surface area contributed by atoms with Crippen LogP contribution in [0.3, 0.4) is 0 Å². The minimum absolute atomic E-state index is 0.0677. The normalized spacial score (nSPS) is 13.6. The molecule has 0 radical (unpaired) electrons. The number of halogens is 2. The predicted molar refractivity (Wildman–Crippen MR) is 90.8 cm³/mol. The SMILES string of the molecule is NC(=O)c1cccc(N(CC2CC2)C(=O)c2ccc(Cl)cc2)c1F. The Hall–Kier alpha value is -2.40. The van der Waals surface area contributed by atoms with Crippen LogP contribution in [0.5, 0.6) is 0 Å². The van der Waals surface area contributed by atoms with Gasteiger partial charge in [-0.15, -0.1) is 0 Å². The van der Waals surface area contributed by atoms with Crippen molar-refractivity contribution in [1.29, 1.82) is 0 Å². The van der Waals surface area contributed by atoms with E-state index in [4.69, 9.17) is 17.3 Å². The number of carbonyl (C=O) groups excluding carboxylic acids is 2. The summed E-state index contributed by atoms with van der Waals surface area (Å²) in [5.74, 6) is -1.62. The predicted octanol–water partition coefficient (Wildman–Crippen LogP) is 3.63. The first kappa shape index (κ1) is 16.5. The van der Waals surface area contributed by atoms with Crippen LogP contribution in [0.15, 0.2) is 42.5 Å². The maximum absolute atomic E-state index is 14.7. The molecule has 24 heavy (non-hydrogen) atoms. The second-order valence-corrected chi connectivity index (χ2v) is 6.31. The van der Waals surface area contributed by atoms with Gasteiger partial charge in [0.15, 0.2) is 5.82 Å². The molecule has 0 saturated heterocycles. The summed E-state index contributed by atoms with van der Waals surface area (Å²) in [6.07, 6.45) is 2.00. The summed E-state index contributed by atoms with van der Waals surface area (Å²) in [5.41, 5.74) is 5.45. The zero-order valence-corrected chi connectivity index (χ0v) is 13.6. The molecule has 0 spiro atoms. The third kappa shape index (κ3) is 3.41. The van der Waals surface area contributed by atoms with E-state index < -0.39 is 11.7 Å². The fourth-order valence-electron chi connectivity index (χ4n) is 2.52. The molecule has 2 aromatic carbocycles. The van der Waals surface area contributed by atoms with Crippen molar-refractivity contribution in [2.75, 3.05) is 11.4 Å². The maximum atomic E-state index is 14.7. The van der Waals surface area contributed by atoms with Crippen molar-refractivity contribution in [3.05, 3.63) is 64.4 Å². The molecule has 0 unspecified atom stereocenters. The Balaban J connectivity index is 2.00. The highest BCUT2D eigenvalue weighted by Crippen LogP contribution is 2.33. The molecule has 4 nitrogen and oxygen atoms in total. The van der Waals surface area contributed by atoms with Gasteiger partial charge in [0, 0.05) is 17.1 Å². The molecule has 0 atom stereocenters. The average molecular weight is 347 g/mol. The van der Waals surface area contributed by atoms with Crippen LogP contribution in [0.25, 0.3) is 0 Å². The van der Waals surface area contributed by atoms with Gasteiger partial charge in [0.25, 0.3) is 11.8 Å². The molecule has 0 aliphatic heterocycles. The molecule has 1 aliphatic carbocycles. The van der Waals surface area contributed by atoms with Crippen LogP contribution in [0.4, 0.5) is 10.1 Å². The lowest BCUT2D eigenvalue weighted by molar-refractivity contribution is 0.0976. The number of amides is 2. The van der Waals surface area contributed by atoms with E-state index in [-0.39, 0.29) is 17.2 Å². The van der Waals surface area contributed by atoms with Crippen molar-refractivity contribution < 1.29 is 14.0 Å². The van der Waals surface area contributed by atoms with Gasteiger partial charge in [0.05, 0.1) is 11.3 Å². The minimum atomic E-state index is -0.861. The highest BCUT2D eigenvalue weighted by atomic mass is 35.5. The summed E-state index contributed by atoms with van der Waals surface area (Å²) in [5, 5.41) is 0.516. The number of hydrogen-bond donors (Lipinski definition) is 1. The van der Waals surface area contributed by atoms with Crippen LogP contribution in [0, 0.1) is 11.7 Å². The standard InChI is InChI=1S/C18H16ClFN2O2/c19-13-8-6-12(7-9-13)18(24)22(10-11-4-5-11)15-3-1-2-14(16(15)20)17(21)23/h1-3,6-9,11H,4-5,10H2,(H2,21,23). The van der Waals surface area contributed by atoms with E-state index in [2.05, 4.69) is 0 Å². The second kappa shape index (κ2) is 6.61. The second-order valence-electron chi connectivity index (χ2n) is 5.87. The number of primary amides is 1. The molecule has 1 saturated carbocycles. The Labute approximate surface area is 144 Å². The lowest BCUT2D eigenvalue weighted by atomic mass is 10.1. The summed E-state index contributed by atoms with van der Waals surface area (Å²) in [6.45, 7) is 0.403. The van der Waals surface area contributed by atoms with Gasteiger partial charge >= 0.3 is 0 Å². The molecule has 2 aromatic rings. The highest BCUT2D eigenvalue weighted by Gasteiger charge is 2.30. The van der Waals surface area contributed by atoms with Crippen molar-refractivity contribution in [3.8, 4) is 0 Å². The number of nitrogens with zero attached hydrogens (tertiary/aromatic N) is 1. The van der Waals surface area contributed by atoms with Crippen molar-refractivity contribution in [3.63, 3.8) is 0 Å². The summed E-state index contributed by atoms with van der Waals surface area (Å²) in [6, 6.07) is 10.7. The van der Waals surface area contributed by atoms with Crippen LogP contribution in [0.2, 0.25) is 5.02 Å². The molecule has 0 heterocycles. The van der Waals surface area contributed by atoms with Gasteiger partial charge in [-0.3, -0.25) is 9.59 Å². The topological polar surface area (TPSA) is 63.4 Å². The fraction of sp³-hybridized carbons (Fsp3) is 0.222. The first-order valence-corrected chi connectivity index (χ1v) is 8.01. The molecule has 0 bridgehead atoms. The molecular formula is C18H16ClFN2O2. The summed E-state index contributed by atoms with van der Waals surface area (Å²) in [7, 11) is 0. The molecular weight excluding hydrogens is 331 g/mol. The van der Waals surface area contributed by atoms with Crippen molar-refractivity contribution in [2.45, 2.75) is 12.8 Å². The Morgan fingerprint density at radius 1 is 1.17 bits per heavy atom. The lowest BCUT2D eigenvalue weighted by Crippen LogP contribution is -2.34. The Morgan fingerprint density at radius 3 is 2.42 bits per heavy atom. The summed E-state index contributed by atoms with van der Waals surface area (Å²) in [4.78, 5) is 25.6. The van der Waals surface area contributed by atoms with E-state index >= 15 is 0 Å². The highest BCUT2D eigenvalue weighted by molar-refractivity contribution is 6.30. The molecule has 1 fully saturated rings. The first-order valence-electron chi connectivity index (χ1n) is 7.63. The molecule has 2 amide bonds. The van der Waals surface area contributed by atoms with Crippen LogP contribution in [0.1, 0.15) is 33.6 Å². The third-order valence-corrected chi connectivity index (χ3v) is 4.26. The van der Waals surface area contributed by atoms with Crippen molar-refractivity contribution in [2.24, 2.45) is 11.7 Å². The van der Waals surface area contributed by atoms with Gasteiger partial charge in [0.1, 0.15) is 0 Å². The van der Waals surface area contributed by atoms with Crippen LogP contribution in [-0.4, -0.2) is 18.4 Å². The van der Waals surface area contributed by atoms with Gasteiger partial charge in [-0.2, -0.15) is 0 Å². The van der Waals surface area contributed by atoms with Gasteiger partial charge < -0.3 is 10.6 Å². The van der Waals surface area contributed by atoms with Crippen molar-refractivity contribution >= 4 is 29.1 Å². The quantitative estimate of drug-likeness (QED) is 0.898. The zero-order valence-electron chi connectivity index (χ0n) is 12.8. The Morgan fingerprint density at radius 2 is 1.83 bits per heavy atom. The van der Waals surface area contributed by atoms with Gasteiger partial charge in [0.2, 0.25) is 0 Å². The molecule has 3 rings (SSSR count). The van der Waals surface area contributed by atoms with Gasteiger partial charge in [-0.25, -0.2) is 4.39 Å². The minimum Gasteiger partial charge on any atom is -0.366 e. The third-order valence-electron chi connectivity index (χ3n) is 4.01. The number of rotatable bonds is 5. The van der Waals surface area contributed by atoms with Crippen molar-refractivity contribution in [1.82, 2.24) is 0 Å². The van der Waals surface area contributed by atoms with E-state index in [1.807, 2.05) is 0 Å². The number of benzene rings is 2. The van der Waals surface area contributed by atoms with E-state index in [9.17, 15) is 14.0 Å². The van der Waals surface area contributed by atoms with Crippen LogP contribution in [-0.2, 0) is 0 Å². The van der Waals surface area contributed by atoms with Gasteiger partial charge in [-0.1, -0.05) is 17.7 Å². The number of carbonyl (C=O) groups is 2. The van der Waals surface area contributed by atoms with Gasteiger partial charge in [-0.05, 0) is 55.2 Å². The fourth-order valence-corrected chi connectivity index (χ4v) is 2.64. The lowest BCUT2D eigenvalue weighted by Gasteiger charge is -2.24. The maximum Gasteiger partial charge on any atom is 0.258 e. The Kier molecular flexibility index (Phi) is 4.53. The monoisotopic (exact) mass is 346 g/mol. The molecule has 6 heteroatoms. The first-order chi connectivity index (χ1) is 11.5. The molecule has 2 N–H and O–H groups in total. The van der Waals surface area contributed by atoms with E-state index in [1.54, 1.807) is 24.3 Å². The van der Waals surface area contributed by atoms with E-state index in [0.717, 1.165) is 12.8 Å². The van der Waals surface area contributed by atoms with Crippen LogP contribution < -0.4 is 10.6 Å². The molecule has 0 aromatic heterocycles. The summed E-state index contributed by atoms with van der Waals surface area (Å²) < 4.78 is 14.7. The average Bonchev–Trinajstić information content (AvgIpc) is 3.37. The largest absolute Gasteiger partial charge is 0.366 e. The number of anilines is 1. The van der Waals surface area contributed by atoms with E-state index in [0.29, 0.717) is 23.0 Å². The summed E-state index contributed by atoms with van der Waals surface area (Å²) >= 11 is 5.85.